The number of H-pyrrole nitrogens is 2. The smallest absolute Gasteiger partial charge is 0.121 e. The summed E-state index contributed by atoms with van der Waals surface area (Å²) in [6.45, 7) is 6.29. The maximum absolute atomic E-state index is 5.25. The summed E-state index contributed by atoms with van der Waals surface area (Å²) in [5, 5.41) is 8.45. The van der Waals surface area contributed by atoms with Gasteiger partial charge in [-0.2, -0.15) is 0 Å². The fourth-order valence-electron chi connectivity index (χ4n) is 3.08. The number of imidazole rings is 2. The Kier molecular flexibility index (Phi) is 11.9. The Bertz CT molecular complexity index is 1170. The van der Waals surface area contributed by atoms with Crippen LogP contribution >= 0.6 is 0 Å². The first-order valence-electron chi connectivity index (χ1n) is 11.2. The minimum absolute atomic E-state index is 0.679. The lowest BCUT2D eigenvalue weighted by Gasteiger charge is -1.99. The van der Waals surface area contributed by atoms with Crippen molar-refractivity contribution in [1.29, 1.82) is 0 Å². The molecule has 0 amide bonds. The topological polar surface area (TPSA) is 81.4 Å². The Morgan fingerprint density at radius 2 is 2.09 bits per heavy atom. The summed E-state index contributed by atoms with van der Waals surface area (Å²) in [7, 11) is 1.91. The van der Waals surface area contributed by atoms with Gasteiger partial charge in [0.05, 0.1) is 30.0 Å². The van der Waals surface area contributed by atoms with Crippen LogP contribution in [0.25, 0.3) is 12.2 Å². The highest BCUT2D eigenvalue weighted by molar-refractivity contribution is 5.38. The van der Waals surface area contributed by atoms with E-state index in [1.165, 1.54) is 5.57 Å². The molecule has 0 radical (unpaired) electrons. The molecule has 0 fully saturated rings. The first kappa shape index (κ1) is 25.7. The predicted molar refractivity (Wildman–Crippen MR) is 137 cm³/mol. The summed E-state index contributed by atoms with van der Waals surface area (Å²) < 4.78 is 0. The molecule has 2 rings (SSSR count). The van der Waals surface area contributed by atoms with E-state index in [4.69, 9.17) is 6.42 Å². The van der Waals surface area contributed by atoms with Gasteiger partial charge >= 0.3 is 0 Å². The van der Waals surface area contributed by atoms with Crippen molar-refractivity contribution in [2.45, 2.75) is 46.2 Å². The zero-order valence-corrected chi connectivity index (χ0v) is 19.8. The molecule has 6 heteroatoms. The van der Waals surface area contributed by atoms with Gasteiger partial charge < -0.3 is 20.6 Å². The fraction of sp³-hybridized carbons (Fsp3) is 0.333. The van der Waals surface area contributed by atoms with Crippen LogP contribution in [0.3, 0.4) is 0 Å². The number of rotatable bonds is 11. The van der Waals surface area contributed by atoms with E-state index in [0.717, 1.165) is 53.8 Å². The molecule has 172 valence electrons. The summed E-state index contributed by atoms with van der Waals surface area (Å²) >= 11 is 0. The van der Waals surface area contributed by atoms with Crippen molar-refractivity contribution in [3.05, 3.63) is 70.2 Å². The summed E-state index contributed by atoms with van der Waals surface area (Å²) in [6.07, 6.45) is 23.8. The molecule has 0 spiro atoms. The molecule has 2 aromatic heterocycles. The number of hydrogen-bond acceptors (Lipinski definition) is 4. The molecule has 0 saturated carbocycles. The minimum Gasteiger partial charge on any atom is -0.341 e. The zero-order chi connectivity index (χ0) is 23.7. The molecule has 33 heavy (non-hydrogen) atoms. The first-order valence-corrected chi connectivity index (χ1v) is 11.2. The van der Waals surface area contributed by atoms with Gasteiger partial charge in [-0.25, -0.2) is 9.97 Å². The van der Waals surface area contributed by atoms with Crippen LogP contribution in [-0.4, -0.2) is 33.5 Å². The van der Waals surface area contributed by atoms with Gasteiger partial charge in [0.25, 0.3) is 0 Å². The van der Waals surface area contributed by atoms with Crippen molar-refractivity contribution in [1.82, 2.24) is 30.6 Å². The fourth-order valence-corrected chi connectivity index (χ4v) is 3.08. The summed E-state index contributed by atoms with van der Waals surface area (Å²) in [5.41, 5.74) is 1.98. The summed E-state index contributed by atoms with van der Waals surface area (Å²) in [6, 6.07) is 0. The van der Waals surface area contributed by atoms with Crippen LogP contribution < -0.4 is 21.3 Å². The van der Waals surface area contributed by atoms with E-state index in [9.17, 15) is 0 Å². The van der Waals surface area contributed by atoms with Crippen molar-refractivity contribution in [3.63, 3.8) is 0 Å². The monoisotopic (exact) mass is 442 g/mol. The second-order valence-corrected chi connectivity index (χ2v) is 7.31. The molecule has 0 atom stereocenters. The van der Waals surface area contributed by atoms with Crippen LogP contribution in [0.15, 0.2) is 42.2 Å². The number of hydrogen-bond donors (Lipinski definition) is 4. The molecular formula is C27H34N6. The molecule has 2 aromatic rings. The van der Waals surface area contributed by atoms with Gasteiger partial charge in [-0.05, 0) is 57.9 Å². The Hall–Kier alpha value is -3.58. The first-order chi connectivity index (χ1) is 16.2. The van der Waals surface area contributed by atoms with E-state index in [1.54, 1.807) is 6.20 Å². The Balaban J connectivity index is 1.96. The quantitative estimate of drug-likeness (QED) is 0.245. The summed E-state index contributed by atoms with van der Waals surface area (Å²) in [4.78, 5) is 15.5. The molecular weight excluding hydrogens is 408 g/mol. The van der Waals surface area contributed by atoms with Crippen LogP contribution in [0.1, 0.15) is 50.5 Å². The second-order valence-electron chi connectivity index (χ2n) is 7.31. The molecule has 0 saturated heterocycles. The zero-order valence-electron chi connectivity index (χ0n) is 19.8. The number of unbranched alkanes of at least 4 members (excludes halogenated alkanes) is 1. The molecule has 0 aliphatic rings. The second kappa shape index (κ2) is 15.3. The summed E-state index contributed by atoms with van der Waals surface area (Å²) in [5.74, 6) is 10.6. The molecule has 6 nitrogen and oxygen atoms in total. The number of aromatic amines is 2. The highest BCUT2D eigenvalue weighted by Crippen LogP contribution is 2.05. The molecule has 0 aliphatic carbocycles. The molecule has 0 bridgehead atoms. The van der Waals surface area contributed by atoms with E-state index >= 15 is 0 Å². The lowest BCUT2D eigenvalue weighted by Crippen LogP contribution is -2.23. The maximum Gasteiger partial charge on any atom is 0.121 e. The van der Waals surface area contributed by atoms with Gasteiger partial charge in [0, 0.05) is 6.42 Å². The third kappa shape index (κ3) is 9.62. The van der Waals surface area contributed by atoms with Crippen LogP contribution in [0.4, 0.5) is 0 Å². The standard InChI is InChI=1S/C27H34N6/c1-5-8-12-18-29-21-26-30-19-23(31-26)15-11-9-10-14-22(13-6-2)16-17-25-24(7-3)32-27(33-25)20-28-4/h1,6-7,9-10,13-14,17,19,28-29H,8,12,16,18,20-21H2,2-4H3,(H,30,31)(H,32,33)/b10-9+,13-6-,22-14+,24-7+,25-17+. The van der Waals surface area contributed by atoms with E-state index in [2.05, 4.69) is 66.6 Å². The van der Waals surface area contributed by atoms with Crippen LogP contribution in [0, 0.1) is 24.2 Å². The Morgan fingerprint density at radius 1 is 1.21 bits per heavy atom. The van der Waals surface area contributed by atoms with Crippen molar-refractivity contribution in [3.8, 4) is 24.2 Å². The lowest BCUT2D eigenvalue weighted by atomic mass is 10.1. The largest absolute Gasteiger partial charge is 0.341 e. The molecule has 4 N–H and O–H groups in total. The maximum atomic E-state index is 5.25. The van der Waals surface area contributed by atoms with E-state index in [1.807, 2.05) is 45.2 Å². The molecule has 2 heterocycles. The SMILES string of the molecule is C#CCCCNCc1ncc(C#C/C=C/C=C(\C=C/C)C/C=c2/[nH]c(CNC)n/c2=C/C)[nH]1. The van der Waals surface area contributed by atoms with Gasteiger partial charge in [-0.15, -0.1) is 12.3 Å². The minimum atomic E-state index is 0.679. The third-order valence-electron chi connectivity index (χ3n) is 4.64. The normalized spacial score (nSPS) is 13.1. The molecule has 0 aromatic carbocycles. The average Bonchev–Trinajstić information content (AvgIpc) is 3.43. The lowest BCUT2D eigenvalue weighted by molar-refractivity contribution is 0.641. The highest BCUT2D eigenvalue weighted by Gasteiger charge is 1.98. The van der Waals surface area contributed by atoms with Crippen molar-refractivity contribution >= 4 is 12.2 Å². The van der Waals surface area contributed by atoms with Crippen LogP contribution in [0.2, 0.25) is 0 Å². The number of nitrogens with one attached hydrogen (secondary N) is 4. The van der Waals surface area contributed by atoms with E-state index in [-0.39, 0.29) is 0 Å². The highest BCUT2D eigenvalue weighted by atomic mass is 15.0. The van der Waals surface area contributed by atoms with Gasteiger partial charge in [-0.3, -0.25) is 0 Å². The molecule has 0 unspecified atom stereocenters. The predicted octanol–water partition coefficient (Wildman–Crippen LogP) is 2.44. The van der Waals surface area contributed by atoms with E-state index in [0.29, 0.717) is 13.1 Å². The van der Waals surface area contributed by atoms with Gasteiger partial charge in [0.2, 0.25) is 0 Å². The van der Waals surface area contributed by atoms with Crippen molar-refractivity contribution in [2.24, 2.45) is 0 Å². The molecule has 0 aliphatic heterocycles. The van der Waals surface area contributed by atoms with Crippen molar-refractivity contribution < 1.29 is 0 Å². The number of allylic oxidation sites excluding steroid dienone is 6. The average molecular weight is 443 g/mol. The Labute approximate surface area is 197 Å². The van der Waals surface area contributed by atoms with Gasteiger partial charge in [0.15, 0.2) is 0 Å². The Morgan fingerprint density at radius 3 is 2.85 bits per heavy atom. The van der Waals surface area contributed by atoms with Gasteiger partial charge in [-0.1, -0.05) is 42.4 Å². The van der Waals surface area contributed by atoms with Crippen LogP contribution in [0.5, 0.6) is 0 Å². The third-order valence-corrected chi connectivity index (χ3v) is 4.64. The van der Waals surface area contributed by atoms with Crippen molar-refractivity contribution in [2.75, 3.05) is 13.6 Å². The number of aromatic nitrogens is 4. The van der Waals surface area contributed by atoms with Gasteiger partial charge in [0.1, 0.15) is 17.3 Å². The van der Waals surface area contributed by atoms with E-state index < -0.39 is 0 Å². The number of nitrogens with zero attached hydrogens (tertiary/aromatic N) is 2. The van der Waals surface area contributed by atoms with Crippen LogP contribution in [-0.2, 0) is 13.1 Å². The number of terminal acetylenes is 1.